The van der Waals surface area contributed by atoms with E-state index in [0.717, 1.165) is 0 Å². The predicted molar refractivity (Wildman–Crippen MR) is 58.6 cm³/mol. The van der Waals surface area contributed by atoms with Crippen molar-refractivity contribution in [3.63, 3.8) is 0 Å². The Morgan fingerprint density at radius 1 is 1.40 bits per heavy atom. The molecule has 0 fully saturated rings. The minimum Gasteiger partial charge on any atom is -0.258 e. The topological polar surface area (TPSA) is 107 Å². The summed E-state index contributed by atoms with van der Waals surface area (Å²) < 4.78 is 38.7. The number of tetrazole rings is 1. The summed E-state index contributed by atoms with van der Waals surface area (Å²) in [4.78, 5) is 20.9. The van der Waals surface area contributed by atoms with E-state index in [0.29, 0.717) is 10.7 Å². The quantitative estimate of drug-likeness (QED) is 0.669. The smallest absolute Gasteiger partial charge is 0.258 e. The molecule has 0 aliphatic rings. The molecule has 0 aliphatic heterocycles. The molecule has 1 heterocycles. The Bertz CT molecular complexity index is 738. The SMILES string of the molecule is O=c1[nH]nnn1-c1cc([N+](=O)[O-])cc(C(F)(F)F)c1Cl. The lowest BCUT2D eigenvalue weighted by molar-refractivity contribution is -0.385. The lowest BCUT2D eigenvalue weighted by Crippen LogP contribution is -2.18. The second-order valence-electron chi connectivity index (χ2n) is 3.50. The number of hydrogen-bond donors (Lipinski definition) is 1. The van der Waals surface area contributed by atoms with Crippen LogP contribution in [-0.2, 0) is 6.18 Å². The van der Waals surface area contributed by atoms with Crippen LogP contribution < -0.4 is 5.69 Å². The number of hydrogen-bond acceptors (Lipinski definition) is 5. The largest absolute Gasteiger partial charge is 0.418 e. The summed E-state index contributed by atoms with van der Waals surface area (Å²) in [5.41, 5.74) is -3.91. The van der Waals surface area contributed by atoms with Gasteiger partial charge < -0.3 is 0 Å². The highest BCUT2D eigenvalue weighted by molar-refractivity contribution is 6.33. The van der Waals surface area contributed by atoms with E-state index in [1.165, 1.54) is 0 Å². The molecular formula is C8H3ClF3N5O3. The van der Waals surface area contributed by atoms with Crippen LogP contribution in [0.15, 0.2) is 16.9 Å². The normalized spacial score (nSPS) is 11.6. The first-order chi connectivity index (χ1) is 9.21. The van der Waals surface area contributed by atoms with E-state index in [-0.39, 0.29) is 6.07 Å². The first-order valence-electron chi connectivity index (χ1n) is 4.77. The number of aromatic amines is 1. The van der Waals surface area contributed by atoms with Gasteiger partial charge in [0.15, 0.2) is 0 Å². The fourth-order valence-electron chi connectivity index (χ4n) is 1.42. The van der Waals surface area contributed by atoms with Gasteiger partial charge in [-0.25, -0.2) is 9.89 Å². The molecule has 0 amide bonds. The third-order valence-electron chi connectivity index (χ3n) is 2.25. The van der Waals surface area contributed by atoms with Crippen LogP contribution in [0.1, 0.15) is 5.56 Å². The van der Waals surface area contributed by atoms with Crippen LogP contribution in [0.3, 0.4) is 0 Å². The fraction of sp³-hybridized carbons (Fsp3) is 0.125. The second-order valence-corrected chi connectivity index (χ2v) is 3.88. The Hall–Kier alpha value is -2.43. The van der Waals surface area contributed by atoms with Gasteiger partial charge in [-0.2, -0.15) is 17.9 Å². The average Bonchev–Trinajstić information content (AvgIpc) is 2.73. The molecule has 106 valence electrons. The number of H-pyrrole nitrogens is 1. The summed E-state index contributed by atoms with van der Waals surface area (Å²) in [7, 11) is 0. The number of non-ortho nitro benzene ring substituents is 1. The zero-order valence-electron chi connectivity index (χ0n) is 9.18. The van der Waals surface area contributed by atoms with Crippen LogP contribution in [0.25, 0.3) is 5.69 Å². The maximum atomic E-state index is 12.8. The van der Waals surface area contributed by atoms with Gasteiger partial charge in [-0.05, 0) is 10.4 Å². The molecule has 1 N–H and O–H groups in total. The van der Waals surface area contributed by atoms with Gasteiger partial charge in [0.1, 0.15) is 0 Å². The summed E-state index contributed by atoms with van der Waals surface area (Å²) >= 11 is 5.55. The number of alkyl halides is 3. The van der Waals surface area contributed by atoms with Crippen molar-refractivity contribution in [2.75, 3.05) is 0 Å². The number of halogens is 4. The maximum absolute atomic E-state index is 12.8. The molecule has 8 nitrogen and oxygen atoms in total. The van der Waals surface area contributed by atoms with Crippen molar-refractivity contribution >= 4 is 17.3 Å². The van der Waals surface area contributed by atoms with Gasteiger partial charge in [-0.1, -0.05) is 11.6 Å². The molecule has 0 bridgehead atoms. The van der Waals surface area contributed by atoms with E-state index >= 15 is 0 Å². The van der Waals surface area contributed by atoms with Crippen LogP contribution in [0.4, 0.5) is 18.9 Å². The Labute approximate surface area is 111 Å². The number of aromatic nitrogens is 4. The first-order valence-corrected chi connectivity index (χ1v) is 5.15. The van der Waals surface area contributed by atoms with Gasteiger partial charge in [-0.15, -0.1) is 0 Å². The summed E-state index contributed by atoms with van der Waals surface area (Å²) in [5, 5.41) is 17.9. The van der Waals surface area contributed by atoms with Crippen molar-refractivity contribution in [3.05, 3.63) is 43.3 Å². The minimum atomic E-state index is -4.93. The van der Waals surface area contributed by atoms with E-state index in [4.69, 9.17) is 11.6 Å². The molecule has 0 saturated heterocycles. The van der Waals surface area contributed by atoms with E-state index in [2.05, 4.69) is 10.4 Å². The number of nitro benzene ring substituents is 1. The van der Waals surface area contributed by atoms with Gasteiger partial charge in [-0.3, -0.25) is 10.1 Å². The van der Waals surface area contributed by atoms with Crippen LogP contribution in [0.5, 0.6) is 0 Å². The molecule has 2 aromatic rings. The highest BCUT2D eigenvalue weighted by Gasteiger charge is 2.37. The third-order valence-corrected chi connectivity index (χ3v) is 2.65. The van der Waals surface area contributed by atoms with Crippen LogP contribution in [0.2, 0.25) is 5.02 Å². The monoisotopic (exact) mass is 309 g/mol. The number of nitrogens with zero attached hydrogens (tertiary/aromatic N) is 4. The molecule has 12 heteroatoms. The third kappa shape index (κ3) is 2.34. The van der Waals surface area contributed by atoms with E-state index in [1.54, 1.807) is 0 Å². The van der Waals surface area contributed by atoms with Crippen LogP contribution in [0, 0.1) is 10.1 Å². The molecule has 20 heavy (non-hydrogen) atoms. The molecule has 2 rings (SSSR count). The van der Waals surface area contributed by atoms with Gasteiger partial charge in [0.2, 0.25) is 0 Å². The van der Waals surface area contributed by atoms with Crippen molar-refractivity contribution in [1.82, 2.24) is 20.2 Å². The van der Waals surface area contributed by atoms with Crippen LogP contribution >= 0.6 is 11.6 Å². The molecule has 0 saturated carbocycles. The predicted octanol–water partition coefficient (Wildman–Crippen LogP) is 1.54. The zero-order valence-corrected chi connectivity index (χ0v) is 9.94. The van der Waals surface area contributed by atoms with Crippen molar-refractivity contribution in [3.8, 4) is 5.69 Å². The molecule has 1 aromatic heterocycles. The summed E-state index contributed by atoms with van der Waals surface area (Å²) in [6.45, 7) is 0. The zero-order chi connectivity index (χ0) is 15.1. The lowest BCUT2D eigenvalue weighted by atomic mass is 10.1. The Balaban J connectivity index is 2.81. The van der Waals surface area contributed by atoms with E-state index in [9.17, 15) is 28.1 Å². The molecule has 1 aromatic carbocycles. The molecule has 0 radical (unpaired) electrons. The van der Waals surface area contributed by atoms with E-state index < -0.39 is 38.8 Å². The highest BCUT2D eigenvalue weighted by atomic mass is 35.5. The van der Waals surface area contributed by atoms with Crippen LogP contribution in [-0.4, -0.2) is 25.1 Å². The molecule has 0 aliphatic carbocycles. The molecule has 0 atom stereocenters. The Morgan fingerprint density at radius 3 is 2.50 bits per heavy atom. The Morgan fingerprint density at radius 2 is 2.05 bits per heavy atom. The number of nitro groups is 1. The summed E-state index contributed by atoms with van der Waals surface area (Å²) in [5.74, 6) is 0. The van der Waals surface area contributed by atoms with Gasteiger partial charge in [0.05, 0.1) is 21.2 Å². The second kappa shape index (κ2) is 4.59. The Kier molecular flexibility index (Phi) is 3.21. The van der Waals surface area contributed by atoms with Gasteiger partial charge in [0, 0.05) is 12.1 Å². The standard InChI is InChI=1S/C8H3ClF3N5O3/c9-6-4(8(10,11)12)1-3(17(19)20)2-5(6)16-7(18)13-14-15-16/h1-2H,(H,13,15,18). The summed E-state index contributed by atoms with van der Waals surface area (Å²) in [6.07, 6.45) is -4.93. The van der Waals surface area contributed by atoms with Gasteiger partial charge in [0.25, 0.3) is 5.69 Å². The first kappa shape index (κ1) is 14.0. The average molecular weight is 310 g/mol. The number of nitrogens with one attached hydrogen (secondary N) is 1. The maximum Gasteiger partial charge on any atom is 0.418 e. The highest BCUT2D eigenvalue weighted by Crippen LogP contribution is 2.39. The van der Waals surface area contributed by atoms with Crippen molar-refractivity contribution < 1.29 is 18.1 Å². The lowest BCUT2D eigenvalue weighted by Gasteiger charge is -2.11. The minimum absolute atomic E-state index is 0.275. The molecule has 0 spiro atoms. The summed E-state index contributed by atoms with van der Waals surface area (Å²) in [6, 6.07) is 0.971. The van der Waals surface area contributed by atoms with Crippen molar-refractivity contribution in [1.29, 1.82) is 0 Å². The fourth-order valence-corrected chi connectivity index (χ4v) is 1.71. The number of rotatable bonds is 2. The van der Waals surface area contributed by atoms with Crippen molar-refractivity contribution in [2.45, 2.75) is 6.18 Å². The van der Waals surface area contributed by atoms with E-state index in [1.807, 2.05) is 5.10 Å². The van der Waals surface area contributed by atoms with Gasteiger partial charge >= 0.3 is 11.9 Å². The molecular weight excluding hydrogens is 307 g/mol. The number of benzene rings is 1. The van der Waals surface area contributed by atoms with Crippen molar-refractivity contribution in [2.24, 2.45) is 0 Å². The molecule has 0 unspecified atom stereocenters.